The van der Waals surface area contributed by atoms with Crippen molar-refractivity contribution in [3.8, 4) is 11.5 Å². The van der Waals surface area contributed by atoms with Crippen LogP contribution < -0.4 is 14.8 Å². The molecule has 0 saturated heterocycles. The van der Waals surface area contributed by atoms with Crippen molar-refractivity contribution in [3.05, 3.63) is 46.2 Å². The monoisotopic (exact) mass is 371 g/mol. The molecule has 1 aromatic carbocycles. The number of thiophene rings is 1. The van der Waals surface area contributed by atoms with Gasteiger partial charge in [-0.25, -0.2) is 0 Å². The second kappa shape index (κ2) is 11.3. The number of hydrogen-bond acceptors (Lipinski definition) is 5. The van der Waals surface area contributed by atoms with E-state index in [9.17, 15) is 5.11 Å². The van der Waals surface area contributed by atoms with Gasteiger partial charge in [-0.3, -0.25) is 0 Å². The van der Waals surface area contributed by atoms with Gasteiger partial charge >= 0.3 is 0 Å². The van der Waals surface area contributed by atoms with Crippen molar-refractivity contribution in [2.45, 2.75) is 39.5 Å². The fraction of sp³-hybridized carbons (Fsp3) is 0.444. The van der Waals surface area contributed by atoms with Crippen LogP contribution in [0.15, 0.2) is 35.7 Å². The summed E-state index contributed by atoms with van der Waals surface area (Å²) >= 11 is 1.68. The van der Waals surface area contributed by atoms with Crippen LogP contribution in [0.4, 0.5) is 0 Å². The zero-order chi connectivity index (χ0) is 16.5. The zero-order valence-corrected chi connectivity index (χ0v) is 15.8. The summed E-state index contributed by atoms with van der Waals surface area (Å²) in [6, 6.07) is 10.2. The van der Waals surface area contributed by atoms with Crippen LogP contribution in [0.2, 0.25) is 0 Å². The second-order valence-electron chi connectivity index (χ2n) is 5.25. The maximum absolute atomic E-state index is 9.24. The predicted molar refractivity (Wildman–Crippen MR) is 102 cm³/mol. The highest BCUT2D eigenvalue weighted by Crippen LogP contribution is 2.29. The first-order valence-electron chi connectivity index (χ1n) is 8.02. The lowest BCUT2D eigenvalue weighted by atomic mass is 10.1. The minimum absolute atomic E-state index is 0. The van der Waals surface area contributed by atoms with Gasteiger partial charge in [0.2, 0.25) is 0 Å². The van der Waals surface area contributed by atoms with E-state index in [1.807, 2.05) is 36.6 Å². The molecule has 1 heterocycles. The Balaban J connectivity index is 0.00000288. The number of benzene rings is 1. The number of hydrogen-bond donors (Lipinski definition) is 2. The van der Waals surface area contributed by atoms with Gasteiger partial charge in [-0.15, -0.1) is 23.7 Å². The first kappa shape index (κ1) is 20.8. The highest BCUT2D eigenvalue weighted by Gasteiger charge is 2.09. The fourth-order valence-corrected chi connectivity index (χ4v) is 2.81. The SMILES string of the molecule is CCOc1cc(CNC(CC)CO)ccc1OCc1cccs1.Cl. The highest BCUT2D eigenvalue weighted by atomic mass is 35.5. The minimum Gasteiger partial charge on any atom is -0.490 e. The molecule has 1 aromatic heterocycles. The predicted octanol–water partition coefficient (Wildman–Crippen LogP) is 4.01. The Labute approximate surface area is 154 Å². The quantitative estimate of drug-likeness (QED) is 0.662. The molecule has 1 atom stereocenters. The molecule has 0 spiro atoms. The molecule has 1 unspecified atom stereocenters. The van der Waals surface area contributed by atoms with Crippen molar-refractivity contribution < 1.29 is 14.6 Å². The van der Waals surface area contributed by atoms with Crippen molar-refractivity contribution in [2.75, 3.05) is 13.2 Å². The molecule has 2 N–H and O–H groups in total. The van der Waals surface area contributed by atoms with Crippen LogP contribution in [0.3, 0.4) is 0 Å². The van der Waals surface area contributed by atoms with E-state index in [4.69, 9.17) is 9.47 Å². The minimum atomic E-state index is 0. The smallest absolute Gasteiger partial charge is 0.161 e. The van der Waals surface area contributed by atoms with Crippen LogP contribution in [-0.4, -0.2) is 24.4 Å². The van der Waals surface area contributed by atoms with Crippen molar-refractivity contribution in [3.63, 3.8) is 0 Å². The van der Waals surface area contributed by atoms with Crippen LogP contribution in [0.1, 0.15) is 30.7 Å². The third-order valence-electron chi connectivity index (χ3n) is 3.57. The molecule has 0 amide bonds. The van der Waals surface area contributed by atoms with Crippen LogP contribution in [0.5, 0.6) is 11.5 Å². The molecule has 6 heteroatoms. The lowest BCUT2D eigenvalue weighted by Crippen LogP contribution is -2.31. The van der Waals surface area contributed by atoms with E-state index in [2.05, 4.69) is 18.3 Å². The van der Waals surface area contributed by atoms with Crippen molar-refractivity contribution in [2.24, 2.45) is 0 Å². The van der Waals surface area contributed by atoms with Gasteiger partial charge in [0.05, 0.1) is 13.2 Å². The normalized spacial score (nSPS) is 11.6. The Morgan fingerprint density at radius 2 is 2.00 bits per heavy atom. The summed E-state index contributed by atoms with van der Waals surface area (Å²) < 4.78 is 11.6. The number of aliphatic hydroxyl groups is 1. The molecular formula is C18H26ClNO3S. The number of nitrogens with one attached hydrogen (secondary N) is 1. The molecule has 0 aliphatic carbocycles. The molecular weight excluding hydrogens is 346 g/mol. The van der Waals surface area contributed by atoms with Crippen LogP contribution in [-0.2, 0) is 13.2 Å². The number of rotatable bonds is 10. The van der Waals surface area contributed by atoms with Gasteiger partial charge in [0.1, 0.15) is 6.61 Å². The molecule has 0 fully saturated rings. The number of halogens is 1. The Morgan fingerprint density at radius 1 is 1.17 bits per heavy atom. The zero-order valence-electron chi connectivity index (χ0n) is 14.2. The molecule has 0 radical (unpaired) electrons. The van der Waals surface area contributed by atoms with Gasteiger partial charge in [0, 0.05) is 17.5 Å². The Bertz CT molecular complexity index is 574. The third kappa shape index (κ3) is 6.32. The second-order valence-corrected chi connectivity index (χ2v) is 6.28. The maximum atomic E-state index is 9.24. The summed E-state index contributed by atoms with van der Waals surface area (Å²) in [5.41, 5.74) is 1.11. The summed E-state index contributed by atoms with van der Waals surface area (Å²) in [7, 11) is 0. The van der Waals surface area contributed by atoms with Gasteiger partial charge < -0.3 is 19.9 Å². The first-order valence-corrected chi connectivity index (χ1v) is 8.89. The average Bonchev–Trinajstić information content (AvgIpc) is 3.09. The topological polar surface area (TPSA) is 50.7 Å². The summed E-state index contributed by atoms with van der Waals surface area (Å²) in [6.45, 7) is 6.02. The van der Waals surface area contributed by atoms with E-state index in [0.717, 1.165) is 23.5 Å². The van der Waals surface area contributed by atoms with Gasteiger partial charge in [-0.1, -0.05) is 19.1 Å². The standard InChI is InChI=1S/C18H25NO3S.ClH/c1-3-15(12-20)19-11-14-7-8-17(18(10-14)21-4-2)22-13-16-6-5-9-23-16;/h5-10,15,19-20H,3-4,11-13H2,1-2H3;1H. The highest BCUT2D eigenvalue weighted by molar-refractivity contribution is 7.09. The van der Waals surface area contributed by atoms with Gasteiger partial charge in [0.25, 0.3) is 0 Å². The van der Waals surface area contributed by atoms with E-state index >= 15 is 0 Å². The molecule has 134 valence electrons. The van der Waals surface area contributed by atoms with Crippen molar-refractivity contribution in [1.82, 2.24) is 5.32 Å². The van der Waals surface area contributed by atoms with Crippen LogP contribution in [0.25, 0.3) is 0 Å². The average molecular weight is 372 g/mol. The molecule has 0 saturated carbocycles. The molecule has 2 rings (SSSR count). The maximum Gasteiger partial charge on any atom is 0.161 e. The summed E-state index contributed by atoms with van der Waals surface area (Å²) in [6.07, 6.45) is 0.900. The Morgan fingerprint density at radius 3 is 2.62 bits per heavy atom. The molecule has 24 heavy (non-hydrogen) atoms. The van der Waals surface area contributed by atoms with Crippen molar-refractivity contribution >= 4 is 23.7 Å². The molecule has 4 nitrogen and oxygen atoms in total. The molecule has 2 aromatic rings. The molecule has 0 bridgehead atoms. The first-order chi connectivity index (χ1) is 11.3. The van der Waals surface area contributed by atoms with Gasteiger partial charge in [0.15, 0.2) is 11.5 Å². The number of ether oxygens (including phenoxy) is 2. The number of aliphatic hydroxyl groups excluding tert-OH is 1. The van der Waals surface area contributed by atoms with E-state index < -0.39 is 0 Å². The third-order valence-corrected chi connectivity index (χ3v) is 4.42. The fourth-order valence-electron chi connectivity index (χ4n) is 2.19. The van der Waals surface area contributed by atoms with Crippen molar-refractivity contribution in [1.29, 1.82) is 0 Å². The summed E-state index contributed by atoms with van der Waals surface area (Å²) in [5, 5.41) is 14.6. The van der Waals surface area contributed by atoms with Crippen LogP contribution in [0, 0.1) is 0 Å². The summed E-state index contributed by atoms with van der Waals surface area (Å²) in [4.78, 5) is 1.19. The molecule has 0 aliphatic heterocycles. The van der Waals surface area contributed by atoms with Gasteiger partial charge in [-0.2, -0.15) is 0 Å². The lowest BCUT2D eigenvalue weighted by Gasteiger charge is -2.16. The van der Waals surface area contributed by atoms with Gasteiger partial charge in [-0.05, 0) is 42.5 Å². The Hall–Kier alpha value is -1.27. The van der Waals surface area contributed by atoms with E-state index in [1.54, 1.807) is 11.3 Å². The Kier molecular flexibility index (Phi) is 9.79. The van der Waals surface area contributed by atoms with E-state index in [-0.39, 0.29) is 25.1 Å². The van der Waals surface area contributed by atoms with E-state index in [1.165, 1.54) is 4.88 Å². The van der Waals surface area contributed by atoms with Crippen LogP contribution >= 0.6 is 23.7 Å². The lowest BCUT2D eigenvalue weighted by molar-refractivity contribution is 0.238. The summed E-state index contributed by atoms with van der Waals surface area (Å²) in [5.74, 6) is 1.53. The largest absolute Gasteiger partial charge is 0.490 e. The molecule has 0 aliphatic rings. The van der Waals surface area contributed by atoms with E-state index in [0.29, 0.717) is 19.8 Å².